The Morgan fingerprint density at radius 3 is 2.18 bits per heavy atom. The summed E-state index contributed by atoms with van der Waals surface area (Å²) in [6.45, 7) is 6.05. The van der Waals surface area contributed by atoms with E-state index in [1.165, 1.54) is 0 Å². The molecule has 152 valence electrons. The number of carbonyl (C=O) groups excluding carboxylic acids is 2. The SMILES string of the molecule is CCOC(=O)C(CC)(C(=O)OCC)c1nc(N2CCCCC2)oc(=O)c1C#N. The lowest BCUT2D eigenvalue weighted by atomic mass is 9.79. The van der Waals surface area contributed by atoms with Crippen molar-refractivity contribution in [1.29, 1.82) is 5.26 Å². The van der Waals surface area contributed by atoms with Gasteiger partial charge in [0, 0.05) is 13.1 Å². The Bertz CT molecular complexity index is 802. The summed E-state index contributed by atoms with van der Waals surface area (Å²) in [7, 11) is 0. The first kappa shape index (κ1) is 21.4. The number of hydrogen-bond donors (Lipinski definition) is 0. The van der Waals surface area contributed by atoms with Crippen LogP contribution in [0.25, 0.3) is 0 Å². The number of piperidine rings is 1. The lowest BCUT2D eigenvalue weighted by molar-refractivity contribution is -0.165. The number of hydrogen-bond acceptors (Lipinski definition) is 9. The predicted octanol–water partition coefficient (Wildman–Crippen LogP) is 1.67. The van der Waals surface area contributed by atoms with E-state index in [-0.39, 0.29) is 31.3 Å². The van der Waals surface area contributed by atoms with Crippen LogP contribution in [-0.2, 0) is 24.5 Å². The Morgan fingerprint density at radius 1 is 1.14 bits per heavy atom. The lowest BCUT2D eigenvalue weighted by Crippen LogP contribution is -2.48. The zero-order valence-corrected chi connectivity index (χ0v) is 16.4. The molecule has 0 saturated carbocycles. The number of esters is 2. The molecule has 0 unspecified atom stereocenters. The average molecular weight is 391 g/mol. The van der Waals surface area contributed by atoms with Crippen LogP contribution in [0.1, 0.15) is 57.7 Å². The van der Waals surface area contributed by atoms with Crippen molar-refractivity contribution in [3.8, 4) is 6.07 Å². The highest BCUT2D eigenvalue weighted by atomic mass is 16.6. The molecule has 0 bridgehead atoms. The maximum Gasteiger partial charge on any atom is 0.358 e. The quantitative estimate of drug-likeness (QED) is 0.504. The molecule has 9 nitrogen and oxygen atoms in total. The molecule has 2 heterocycles. The minimum Gasteiger partial charge on any atom is -0.465 e. The van der Waals surface area contributed by atoms with Crippen LogP contribution in [0.5, 0.6) is 0 Å². The molecule has 28 heavy (non-hydrogen) atoms. The van der Waals surface area contributed by atoms with Crippen molar-refractivity contribution in [2.75, 3.05) is 31.2 Å². The van der Waals surface area contributed by atoms with Gasteiger partial charge in [-0.05, 0) is 39.5 Å². The zero-order valence-electron chi connectivity index (χ0n) is 16.4. The summed E-state index contributed by atoms with van der Waals surface area (Å²) in [5.74, 6) is -1.81. The number of rotatable bonds is 7. The first-order chi connectivity index (χ1) is 13.5. The van der Waals surface area contributed by atoms with E-state index in [1.807, 2.05) is 0 Å². The van der Waals surface area contributed by atoms with Gasteiger partial charge in [-0.3, -0.25) is 9.59 Å². The van der Waals surface area contributed by atoms with Gasteiger partial charge in [0.1, 0.15) is 6.07 Å². The molecule has 0 spiro atoms. The molecule has 1 aliphatic rings. The van der Waals surface area contributed by atoms with E-state index >= 15 is 0 Å². The molecule has 0 amide bonds. The summed E-state index contributed by atoms with van der Waals surface area (Å²) < 4.78 is 15.4. The molecule has 0 N–H and O–H groups in total. The number of aromatic nitrogens is 1. The first-order valence-corrected chi connectivity index (χ1v) is 9.51. The van der Waals surface area contributed by atoms with Crippen LogP contribution in [0.15, 0.2) is 9.21 Å². The lowest BCUT2D eigenvalue weighted by Gasteiger charge is -2.30. The van der Waals surface area contributed by atoms with Gasteiger partial charge in [0.05, 0.1) is 18.9 Å². The van der Waals surface area contributed by atoms with Crippen molar-refractivity contribution in [2.24, 2.45) is 0 Å². The first-order valence-electron chi connectivity index (χ1n) is 9.51. The van der Waals surface area contributed by atoms with E-state index in [9.17, 15) is 19.6 Å². The normalized spacial score (nSPS) is 14.3. The molecule has 1 aliphatic heterocycles. The van der Waals surface area contributed by atoms with E-state index in [0.29, 0.717) is 13.1 Å². The van der Waals surface area contributed by atoms with Crippen molar-refractivity contribution in [2.45, 2.75) is 51.9 Å². The Balaban J connectivity index is 2.74. The van der Waals surface area contributed by atoms with Crippen molar-refractivity contribution in [3.05, 3.63) is 21.7 Å². The van der Waals surface area contributed by atoms with Crippen molar-refractivity contribution in [3.63, 3.8) is 0 Å². The molecule has 1 saturated heterocycles. The Labute approximate surface area is 163 Å². The summed E-state index contributed by atoms with van der Waals surface area (Å²) in [5.41, 5.74) is -3.73. The van der Waals surface area contributed by atoms with Gasteiger partial charge in [-0.1, -0.05) is 6.92 Å². The van der Waals surface area contributed by atoms with Crippen molar-refractivity contribution >= 4 is 18.0 Å². The summed E-state index contributed by atoms with van der Waals surface area (Å²) in [4.78, 5) is 44.3. The highest BCUT2D eigenvalue weighted by Gasteiger charge is 2.53. The second-order valence-corrected chi connectivity index (χ2v) is 6.37. The fraction of sp³-hybridized carbons (Fsp3) is 0.632. The van der Waals surface area contributed by atoms with Gasteiger partial charge >= 0.3 is 23.6 Å². The van der Waals surface area contributed by atoms with Crippen LogP contribution in [0.4, 0.5) is 6.01 Å². The summed E-state index contributed by atoms with van der Waals surface area (Å²) in [6.07, 6.45) is 2.76. The number of nitriles is 1. The van der Waals surface area contributed by atoms with Gasteiger partial charge in [0.25, 0.3) is 0 Å². The van der Waals surface area contributed by atoms with E-state index < -0.39 is 28.5 Å². The van der Waals surface area contributed by atoms with Crippen LogP contribution in [0.2, 0.25) is 0 Å². The molecule has 2 rings (SSSR count). The van der Waals surface area contributed by atoms with Gasteiger partial charge < -0.3 is 18.8 Å². The maximum atomic E-state index is 12.9. The fourth-order valence-electron chi connectivity index (χ4n) is 3.27. The van der Waals surface area contributed by atoms with Crippen LogP contribution >= 0.6 is 0 Å². The minimum absolute atomic E-state index is 0.00915. The van der Waals surface area contributed by atoms with E-state index in [4.69, 9.17) is 13.9 Å². The highest BCUT2D eigenvalue weighted by Crippen LogP contribution is 2.33. The Kier molecular flexibility index (Phi) is 7.15. The van der Waals surface area contributed by atoms with Crippen LogP contribution in [0.3, 0.4) is 0 Å². The van der Waals surface area contributed by atoms with Gasteiger partial charge in [0.2, 0.25) is 5.41 Å². The van der Waals surface area contributed by atoms with Crippen LogP contribution < -0.4 is 10.5 Å². The number of ether oxygens (including phenoxy) is 2. The standard InChI is InChI=1S/C19H25N3O6/c1-4-19(16(24)26-5-2,17(25)27-6-3)14-13(12-20)15(23)28-18(21-14)22-10-8-7-9-11-22/h4-11H2,1-3H3. The second-order valence-electron chi connectivity index (χ2n) is 6.37. The number of nitrogens with zero attached hydrogens (tertiary/aromatic N) is 3. The van der Waals surface area contributed by atoms with Gasteiger partial charge in [0.15, 0.2) is 5.56 Å². The van der Waals surface area contributed by atoms with Gasteiger partial charge in [-0.2, -0.15) is 10.2 Å². The topological polar surface area (TPSA) is 123 Å². The van der Waals surface area contributed by atoms with Gasteiger partial charge in [-0.15, -0.1) is 0 Å². The molecule has 1 aromatic heterocycles. The Hall–Kier alpha value is -2.89. The molecule has 9 heteroatoms. The summed E-state index contributed by atoms with van der Waals surface area (Å²) in [5, 5.41) is 9.51. The largest absolute Gasteiger partial charge is 0.465 e. The van der Waals surface area contributed by atoms with E-state index in [2.05, 4.69) is 4.98 Å². The monoisotopic (exact) mass is 391 g/mol. The highest BCUT2D eigenvalue weighted by molar-refractivity contribution is 6.06. The van der Waals surface area contributed by atoms with Gasteiger partial charge in [-0.25, -0.2) is 4.79 Å². The van der Waals surface area contributed by atoms with Crippen LogP contribution in [0, 0.1) is 11.3 Å². The van der Waals surface area contributed by atoms with Crippen LogP contribution in [-0.4, -0.2) is 43.2 Å². The third kappa shape index (κ3) is 3.86. The second kappa shape index (κ2) is 9.35. The number of anilines is 1. The minimum atomic E-state index is -2.02. The molecule has 0 aliphatic carbocycles. The molecule has 0 atom stereocenters. The average Bonchev–Trinajstić information content (AvgIpc) is 2.70. The van der Waals surface area contributed by atoms with Crippen molar-refractivity contribution < 1.29 is 23.5 Å². The van der Waals surface area contributed by atoms with E-state index in [0.717, 1.165) is 19.3 Å². The summed E-state index contributed by atoms with van der Waals surface area (Å²) in [6, 6.07) is 1.72. The smallest absolute Gasteiger partial charge is 0.358 e. The maximum absolute atomic E-state index is 12.9. The summed E-state index contributed by atoms with van der Waals surface area (Å²) >= 11 is 0. The van der Waals surface area contributed by atoms with E-state index in [1.54, 1.807) is 31.7 Å². The molecule has 1 aromatic rings. The molecular formula is C19H25N3O6. The molecule has 0 aromatic carbocycles. The third-order valence-corrected chi connectivity index (χ3v) is 4.75. The third-order valence-electron chi connectivity index (χ3n) is 4.75. The molecule has 1 fully saturated rings. The fourth-order valence-corrected chi connectivity index (χ4v) is 3.27. The zero-order chi connectivity index (χ0) is 20.7. The molecular weight excluding hydrogens is 366 g/mol. The Morgan fingerprint density at radius 2 is 1.71 bits per heavy atom. The number of carbonyl (C=O) groups is 2. The predicted molar refractivity (Wildman–Crippen MR) is 98.8 cm³/mol. The van der Waals surface area contributed by atoms with Crippen molar-refractivity contribution in [1.82, 2.24) is 4.98 Å². The molecule has 0 radical (unpaired) electrons.